The molecule has 0 saturated carbocycles. The van der Waals surface area contributed by atoms with E-state index in [1.807, 2.05) is 82.3 Å². The van der Waals surface area contributed by atoms with Gasteiger partial charge in [-0.05, 0) is 85.0 Å². The first-order chi connectivity index (χ1) is 22.5. The van der Waals surface area contributed by atoms with Gasteiger partial charge in [0.25, 0.3) is 10.0 Å². The monoisotopic (exact) mass is 659 g/mol. The lowest BCUT2D eigenvalue weighted by Crippen LogP contribution is -2.53. The fourth-order valence-electron chi connectivity index (χ4n) is 5.09. The highest BCUT2D eigenvalue weighted by Gasteiger charge is 2.35. The Morgan fingerprint density at radius 1 is 0.872 bits per heavy atom. The molecule has 2 amide bonds. The first-order valence-electron chi connectivity index (χ1n) is 15.7. The number of carbonyl (C=O) groups excluding carboxylic acids is 2. The molecule has 0 spiro atoms. The average Bonchev–Trinajstić information content (AvgIpc) is 3.06. The molecule has 0 heterocycles. The summed E-state index contributed by atoms with van der Waals surface area (Å²) < 4.78 is 48.8. The van der Waals surface area contributed by atoms with Crippen molar-refractivity contribution in [1.29, 1.82) is 0 Å². The van der Waals surface area contributed by atoms with Gasteiger partial charge in [0.1, 0.15) is 24.2 Å². The fraction of sp³-hybridized carbons (Fsp3) is 0.297. The topological polar surface area (TPSA) is 96.0 Å². The quantitative estimate of drug-likeness (QED) is 0.166. The summed E-state index contributed by atoms with van der Waals surface area (Å²) in [5.41, 5.74) is 2.69. The molecule has 0 radical (unpaired) electrons. The van der Waals surface area contributed by atoms with Crippen molar-refractivity contribution in [1.82, 2.24) is 10.2 Å². The number of hydrogen-bond acceptors (Lipinski definition) is 5. The predicted octanol–water partition coefficient (Wildman–Crippen LogP) is 6.14. The molecule has 0 unspecified atom stereocenters. The second-order valence-corrected chi connectivity index (χ2v) is 13.5. The number of anilines is 1. The van der Waals surface area contributed by atoms with Gasteiger partial charge in [0.15, 0.2) is 0 Å². The van der Waals surface area contributed by atoms with Gasteiger partial charge >= 0.3 is 0 Å². The Balaban J connectivity index is 1.79. The van der Waals surface area contributed by atoms with E-state index >= 15 is 0 Å². The molecule has 47 heavy (non-hydrogen) atoms. The normalized spacial score (nSPS) is 12.0. The van der Waals surface area contributed by atoms with Crippen molar-refractivity contribution in [2.75, 3.05) is 24.0 Å². The average molecular weight is 660 g/mol. The molecule has 1 atom stereocenters. The molecule has 0 bridgehead atoms. The third-order valence-corrected chi connectivity index (χ3v) is 9.46. The number of nitrogens with zero attached hydrogens (tertiary/aromatic N) is 2. The van der Waals surface area contributed by atoms with Gasteiger partial charge in [0.05, 0.1) is 17.2 Å². The van der Waals surface area contributed by atoms with E-state index in [0.717, 1.165) is 33.1 Å². The smallest absolute Gasteiger partial charge is 0.264 e. The van der Waals surface area contributed by atoms with Crippen molar-refractivity contribution in [2.24, 2.45) is 5.92 Å². The van der Waals surface area contributed by atoms with E-state index in [4.69, 9.17) is 4.74 Å². The molecule has 1 N–H and O–H groups in total. The third kappa shape index (κ3) is 9.42. The summed E-state index contributed by atoms with van der Waals surface area (Å²) >= 11 is 0. The highest BCUT2D eigenvalue weighted by Crippen LogP contribution is 2.27. The zero-order valence-corrected chi connectivity index (χ0v) is 28.0. The van der Waals surface area contributed by atoms with E-state index in [-0.39, 0.29) is 35.4 Å². The van der Waals surface area contributed by atoms with Crippen LogP contribution in [-0.4, -0.2) is 50.9 Å². The second kappa shape index (κ2) is 16.2. The minimum Gasteiger partial charge on any atom is -0.494 e. The molecule has 10 heteroatoms. The van der Waals surface area contributed by atoms with Crippen molar-refractivity contribution in [3.8, 4) is 5.75 Å². The lowest BCUT2D eigenvalue weighted by molar-refractivity contribution is -0.140. The van der Waals surface area contributed by atoms with Crippen LogP contribution in [0.4, 0.5) is 10.1 Å². The lowest BCUT2D eigenvalue weighted by atomic mass is 10.0. The maximum Gasteiger partial charge on any atom is 0.264 e. The SMILES string of the molecule is CCOc1ccc(S(=O)(=O)N(CC(=O)N(Cc2ccccc2C)[C@@H](Cc2ccccc2)C(=O)NCC(C)C)c2ccc(F)cc2)cc1. The predicted molar refractivity (Wildman–Crippen MR) is 182 cm³/mol. The molecule has 0 aliphatic heterocycles. The molecule has 0 fully saturated rings. The number of sulfonamides is 1. The largest absolute Gasteiger partial charge is 0.494 e. The van der Waals surface area contributed by atoms with Crippen molar-refractivity contribution >= 4 is 27.5 Å². The van der Waals surface area contributed by atoms with Gasteiger partial charge in [0, 0.05) is 19.5 Å². The van der Waals surface area contributed by atoms with Crippen LogP contribution < -0.4 is 14.4 Å². The van der Waals surface area contributed by atoms with Gasteiger partial charge in [-0.2, -0.15) is 0 Å². The van der Waals surface area contributed by atoms with E-state index < -0.39 is 34.3 Å². The summed E-state index contributed by atoms with van der Waals surface area (Å²) in [6.45, 7) is 7.96. The number of benzene rings is 4. The lowest BCUT2D eigenvalue weighted by Gasteiger charge is -2.34. The fourth-order valence-corrected chi connectivity index (χ4v) is 6.50. The van der Waals surface area contributed by atoms with Crippen LogP contribution in [0.3, 0.4) is 0 Å². The van der Waals surface area contributed by atoms with E-state index in [2.05, 4.69) is 5.32 Å². The highest BCUT2D eigenvalue weighted by molar-refractivity contribution is 7.92. The number of rotatable bonds is 15. The van der Waals surface area contributed by atoms with E-state index in [1.165, 1.54) is 29.2 Å². The minimum absolute atomic E-state index is 0.0679. The first kappa shape index (κ1) is 35.2. The maximum absolute atomic E-state index is 14.5. The molecule has 0 aliphatic carbocycles. The molecular formula is C37H42FN3O5S. The number of aryl methyl sites for hydroxylation is 1. The molecule has 0 aromatic heterocycles. The van der Waals surface area contributed by atoms with Crippen LogP contribution >= 0.6 is 0 Å². The van der Waals surface area contributed by atoms with E-state index in [0.29, 0.717) is 18.9 Å². The van der Waals surface area contributed by atoms with Crippen molar-refractivity contribution in [2.45, 2.75) is 51.6 Å². The van der Waals surface area contributed by atoms with Gasteiger partial charge < -0.3 is 15.0 Å². The van der Waals surface area contributed by atoms with Crippen LogP contribution in [0.5, 0.6) is 5.75 Å². The van der Waals surface area contributed by atoms with Crippen LogP contribution in [0.1, 0.15) is 37.5 Å². The zero-order chi connectivity index (χ0) is 34.0. The second-order valence-electron chi connectivity index (χ2n) is 11.7. The minimum atomic E-state index is -4.33. The van der Waals surface area contributed by atoms with Gasteiger partial charge in [-0.15, -0.1) is 0 Å². The van der Waals surface area contributed by atoms with Crippen molar-refractivity contribution < 1.29 is 27.1 Å². The summed E-state index contributed by atoms with van der Waals surface area (Å²) in [7, 11) is -4.33. The molecule has 8 nitrogen and oxygen atoms in total. The van der Waals surface area contributed by atoms with Crippen LogP contribution in [0.25, 0.3) is 0 Å². The molecule has 4 aromatic rings. The van der Waals surface area contributed by atoms with Crippen LogP contribution in [-0.2, 0) is 32.6 Å². The molecule has 4 rings (SSSR count). The number of nitrogens with one attached hydrogen (secondary N) is 1. The molecule has 0 aliphatic rings. The number of carbonyl (C=O) groups is 2. The Labute approximate surface area is 277 Å². The zero-order valence-electron chi connectivity index (χ0n) is 27.2. The van der Waals surface area contributed by atoms with Crippen molar-refractivity contribution in [3.63, 3.8) is 0 Å². The Hall–Kier alpha value is -4.70. The number of hydrogen-bond donors (Lipinski definition) is 1. The standard InChI is InChI=1S/C37H42FN3O5S/c1-5-46-33-19-21-34(22-20-33)47(44,45)41(32-17-15-31(38)16-18-32)26-36(42)40(25-30-14-10-9-11-28(30)4)35(37(43)39-24-27(2)3)23-29-12-7-6-8-13-29/h6-22,27,35H,5,23-26H2,1-4H3,(H,39,43)/t35-/m0/s1. The Bertz CT molecular complexity index is 1730. The molecular weight excluding hydrogens is 617 g/mol. The number of amides is 2. The van der Waals surface area contributed by atoms with Crippen LogP contribution in [0, 0.1) is 18.7 Å². The Morgan fingerprint density at radius 2 is 1.51 bits per heavy atom. The van der Waals surface area contributed by atoms with Gasteiger partial charge in [0.2, 0.25) is 11.8 Å². The molecule has 0 saturated heterocycles. The summed E-state index contributed by atoms with van der Waals surface area (Å²) in [6.07, 6.45) is 0.213. The summed E-state index contributed by atoms with van der Waals surface area (Å²) in [5.74, 6) is -0.814. The maximum atomic E-state index is 14.5. The first-order valence-corrected chi connectivity index (χ1v) is 17.1. The molecule has 248 valence electrons. The van der Waals surface area contributed by atoms with Crippen LogP contribution in [0.15, 0.2) is 108 Å². The van der Waals surface area contributed by atoms with Gasteiger partial charge in [-0.1, -0.05) is 68.4 Å². The number of halogens is 1. The van der Waals surface area contributed by atoms with Crippen LogP contribution in [0.2, 0.25) is 0 Å². The van der Waals surface area contributed by atoms with Gasteiger partial charge in [-0.25, -0.2) is 12.8 Å². The van der Waals surface area contributed by atoms with E-state index in [9.17, 15) is 22.4 Å². The van der Waals surface area contributed by atoms with Crippen molar-refractivity contribution in [3.05, 3.63) is 126 Å². The Morgan fingerprint density at radius 3 is 2.13 bits per heavy atom. The summed E-state index contributed by atoms with van der Waals surface area (Å²) in [6, 6.07) is 26.8. The molecule has 4 aromatic carbocycles. The number of ether oxygens (including phenoxy) is 1. The van der Waals surface area contributed by atoms with Gasteiger partial charge in [-0.3, -0.25) is 13.9 Å². The third-order valence-electron chi connectivity index (χ3n) is 7.67. The summed E-state index contributed by atoms with van der Waals surface area (Å²) in [4.78, 5) is 29.8. The highest BCUT2D eigenvalue weighted by atomic mass is 32.2. The summed E-state index contributed by atoms with van der Waals surface area (Å²) in [5, 5.41) is 2.98. The van der Waals surface area contributed by atoms with E-state index in [1.54, 1.807) is 12.1 Å². The Kier molecular flexibility index (Phi) is 12.1.